The van der Waals surface area contributed by atoms with E-state index in [0.29, 0.717) is 18.3 Å². The summed E-state index contributed by atoms with van der Waals surface area (Å²) in [5, 5.41) is 3.37. The van der Waals surface area contributed by atoms with Crippen LogP contribution in [0.25, 0.3) is 28.0 Å². The second-order valence-corrected chi connectivity index (χ2v) is 12.5. The molecule has 5 aromatic rings. The van der Waals surface area contributed by atoms with Crippen molar-refractivity contribution in [3.8, 4) is 16.9 Å². The van der Waals surface area contributed by atoms with E-state index in [0.717, 1.165) is 27.7 Å². The van der Waals surface area contributed by atoms with Gasteiger partial charge >= 0.3 is 12.2 Å². The number of nitrogens with zero attached hydrogens (tertiary/aromatic N) is 7. The summed E-state index contributed by atoms with van der Waals surface area (Å²) < 4.78 is 13.2. The molecule has 0 saturated carbocycles. The summed E-state index contributed by atoms with van der Waals surface area (Å²) in [6.45, 7) is 8.42. The number of nitrogens with one attached hydrogen (secondary N) is 1. The van der Waals surface area contributed by atoms with Gasteiger partial charge in [-0.1, -0.05) is 36.4 Å². The van der Waals surface area contributed by atoms with Gasteiger partial charge in [-0.3, -0.25) is 14.5 Å². The number of fused-ring (bicyclic) bond motifs is 1. The summed E-state index contributed by atoms with van der Waals surface area (Å²) in [5.41, 5.74) is 4.08. The average molecular weight is 635 g/mol. The van der Waals surface area contributed by atoms with Gasteiger partial charge in [-0.05, 0) is 74.7 Å². The van der Waals surface area contributed by atoms with E-state index in [-0.39, 0.29) is 25.7 Å². The third-order valence-electron chi connectivity index (χ3n) is 7.89. The van der Waals surface area contributed by atoms with Crippen LogP contribution in [0.4, 0.5) is 15.5 Å². The predicted molar refractivity (Wildman–Crippen MR) is 178 cm³/mol. The molecule has 1 aliphatic heterocycles. The second-order valence-electron chi connectivity index (χ2n) is 12.5. The largest absolute Gasteiger partial charge is 0.445 e. The number of carbonyl (C=O) groups excluding carboxylic acids is 2. The Morgan fingerprint density at radius 3 is 2.49 bits per heavy atom. The van der Waals surface area contributed by atoms with Crippen LogP contribution in [-0.2, 0) is 16.1 Å². The molecule has 1 fully saturated rings. The molecule has 0 unspecified atom stereocenters. The molecule has 0 radical (unpaired) electrons. The summed E-state index contributed by atoms with van der Waals surface area (Å²) in [5.74, 6) is 1.00. The number of rotatable bonds is 7. The summed E-state index contributed by atoms with van der Waals surface area (Å²) in [6.07, 6.45) is 6.06. The number of pyridine rings is 1. The van der Waals surface area contributed by atoms with Crippen molar-refractivity contribution >= 4 is 29.2 Å². The van der Waals surface area contributed by atoms with Gasteiger partial charge in [0, 0.05) is 44.3 Å². The number of benzene rings is 2. The minimum absolute atomic E-state index is 0.147. The van der Waals surface area contributed by atoms with Crippen molar-refractivity contribution in [2.45, 2.75) is 52.0 Å². The van der Waals surface area contributed by atoms with E-state index in [4.69, 9.17) is 14.5 Å². The molecule has 3 aromatic heterocycles. The molecule has 2 atom stereocenters. The number of carbonyl (C=O) groups is 2. The molecule has 47 heavy (non-hydrogen) atoms. The first-order valence-electron chi connectivity index (χ1n) is 15.6. The molecule has 6 rings (SSSR count). The van der Waals surface area contributed by atoms with Gasteiger partial charge in [0.2, 0.25) is 5.95 Å². The third kappa shape index (κ3) is 7.49. The molecule has 0 aliphatic carbocycles. The highest BCUT2D eigenvalue weighted by Crippen LogP contribution is 2.25. The molecule has 1 saturated heterocycles. The maximum absolute atomic E-state index is 13.4. The first-order valence-corrected chi connectivity index (χ1v) is 15.6. The molecule has 0 bridgehead atoms. The minimum atomic E-state index is -0.644. The van der Waals surface area contributed by atoms with Crippen LogP contribution in [0, 0.1) is 0 Å². The van der Waals surface area contributed by atoms with Crippen LogP contribution >= 0.6 is 0 Å². The van der Waals surface area contributed by atoms with E-state index in [1.54, 1.807) is 34.7 Å². The van der Waals surface area contributed by atoms with Gasteiger partial charge in [-0.25, -0.2) is 19.6 Å². The Balaban J connectivity index is 1.21. The van der Waals surface area contributed by atoms with E-state index in [9.17, 15) is 9.59 Å². The Hall–Kier alpha value is -5.52. The summed E-state index contributed by atoms with van der Waals surface area (Å²) >= 11 is 0. The lowest BCUT2D eigenvalue weighted by Crippen LogP contribution is -2.61. The zero-order valence-corrected chi connectivity index (χ0v) is 26.9. The second kappa shape index (κ2) is 13.5. The van der Waals surface area contributed by atoms with Crippen LogP contribution in [0.15, 0.2) is 91.6 Å². The molecular formula is C35H38N8O4. The zero-order chi connectivity index (χ0) is 33.0. The highest BCUT2D eigenvalue weighted by molar-refractivity contribution is 5.83. The lowest BCUT2D eigenvalue weighted by Gasteiger charge is -2.43. The molecule has 2 amide bonds. The van der Waals surface area contributed by atoms with Crippen molar-refractivity contribution in [3.63, 3.8) is 0 Å². The number of ether oxygens (including phenoxy) is 2. The molecule has 0 spiro atoms. The summed E-state index contributed by atoms with van der Waals surface area (Å²) in [4.78, 5) is 47.7. The number of imidazole rings is 1. The van der Waals surface area contributed by atoms with E-state index in [1.807, 2.05) is 99.0 Å². The molecule has 2 aromatic carbocycles. The smallest absolute Gasteiger partial charge is 0.410 e. The molecule has 12 heteroatoms. The fourth-order valence-electron chi connectivity index (χ4n) is 5.53. The normalized spacial score (nSPS) is 15.7. The fourth-order valence-corrected chi connectivity index (χ4v) is 5.53. The predicted octanol–water partition coefficient (Wildman–Crippen LogP) is 5.94. The van der Waals surface area contributed by atoms with Gasteiger partial charge in [0.25, 0.3) is 0 Å². The Labute approximate surface area is 273 Å². The van der Waals surface area contributed by atoms with Gasteiger partial charge in [-0.2, -0.15) is 4.98 Å². The van der Waals surface area contributed by atoms with E-state index in [2.05, 4.69) is 20.3 Å². The Morgan fingerprint density at radius 2 is 1.72 bits per heavy atom. The molecule has 1 aliphatic rings. The quantitative estimate of drug-likeness (QED) is 0.232. The van der Waals surface area contributed by atoms with Crippen LogP contribution in [0.3, 0.4) is 0 Å². The van der Waals surface area contributed by atoms with Crippen LogP contribution < -0.4 is 5.32 Å². The first-order chi connectivity index (χ1) is 22.6. The zero-order valence-electron chi connectivity index (χ0n) is 26.9. The van der Waals surface area contributed by atoms with Crippen molar-refractivity contribution in [3.05, 3.63) is 97.2 Å². The molecule has 242 valence electrons. The topological polar surface area (TPSA) is 128 Å². The van der Waals surface area contributed by atoms with Crippen LogP contribution in [-0.4, -0.2) is 83.8 Å². The number of anilines is 1. The monoisotopic (exact) mass is 634 g/mol. The molecule has 4 heterocycles. The number of aromatic nitrogens is 5. The molecular weight excluding hydrogens is 596 g/mol. The lowest BCUT2D eigenvalue weighted by atomic mass is 10.1. The van der Waals surface area contributed by atoms with Gasteiger partial charge < -0.3 is 19.7 Å². The van der Waals surface area contributed by atoms with Crippen molar-refractivity contribution in [1.82, 2.24) is 34.3 Å². The van der Waals surface area contributed by atoms with Crippen LogP contribution in [0.1, 0.15) is 33.3 Å². The van der Waals surface area contributed by atoms with Crippen LogP contribution in [0.2, 0.25) is 0 Å². The number of piperazine rings is 1. The average Bonchev–Trinajstić information content (AvgIpc) is 3.51. The SMILES string of the molecule is C[C@H](Nc1nccc(-n2cnc3cc(-c4ccncc4)ccc32)n1)[C@@H]1CN(C(=O)OC(C)(C)C)CCN1C(=O)OCc1ccccc1. The third-order valence-corrected chi connectivity index (χ3v) is 7.89. The van der Waals surface area contributed by atoms with Gasteiger partial charge in [0.15, 0.2) is 0 Å². The first kappa shape index (κ1) is 31.5. The number of amides is 2. The number of hydrogen-bond donors (Lipinski definition) is 1. The van der Waals surface area contributed by atoms with Crippen molar-refractivity contribution < 1.29 is 19.1 Å². The summed E-state index contributed by atoms with van der Waals surface area (Å²) in [6, 6.07) is 20.6. The highest BCUT2D eigenvalue weighted by atomic mass is 16.6. The van der Waals surface area contributed by atoms with Crippen molar-refractivity contribution in [1.29, 1.82) is 0 Å². The Kier molecular flexibility index (Phi) is 9.01. The van der Waals surface area contributed by atoms with E-state index < -0.39 is 23.8 Å². The van der Waals surface area contributed by atoms with E-state index >= 15 is 0 Å². The summed E-state index contributed by atoms with van der Waals surface area (Å²) in [7, 11) is 0. The fraction of sp³-hybridized carbons (Fsp3) is 0.314. The highest BCUT2D eigenvalue weighted by Gasteiger charge is 2.38. The Morgan fingerprint density at radius 1 is 0.936 bits per heavy atom. The van der Waals surface area contributed by atoms with Crippen LogP contribution in [0.5, 0.6) is 0 Å². The van der Waals surface area contributed by atoms with Crippen molar-refractivity contribution in [2.24, 2.45) is 0 Å². The lowest BCUT2D eigenvalue weighted by molar-refractivity contribution is -0.000537. The van der Waals surface area contributed by atoms with Crippen molar-refractivity contribution in [2.75, 3.05) is 25.0 Å². The number of hydrogen-bond acceptors (Lipinski definition) is 9. The molecule has 1 N–H and O–H groups in total. The van der Waals surface area contributed by atoms with Gasteiger partial charge in [-0.15, -0.1) is 0 Å². The van der Waals surface area contributed by atoms with Gasteiger partial charge in [0.1, 0.15) is 24.4 Å². The molecule has 12 nitrogen and oxygen atoms in total. The standard InChI is InChI=1S/C35H38N8O4/c1-24(30-21-41(33(44)47-35(2,3)4)18-19-42(30)34(45)46-22-25-8-6-5-7-9-25)39-32-37-17-14-31(40-32)43-23-38-28-20-27(10-11-29(28)43)26-12-15-36-16-13-26/h5-17,20,23-24,30H,18-19,21-22H2,1-4H3,(H,37,39,40)/t24-,30-/m0/s1. The Bertz CT molecular complexity index is 1840. The van der Waals surface area contributed by atoms with Gasteiger partial charge in [0.05, 0.1) is 17.1 Å². The van der Waals surface area contributed by atoms with E-state index in [1.165, 1.54) is 0 Å². The maximum atomic E-state index is 13.4. The maximum Gasteiger partial charge on any atom is 0.410 e. The minimum Gasteiger partial charge on any atom is -0.445 e.